The number of aromatic nitrogens is 2. The monoisotopic (exact) mass is 286 g/mol. The van der Waals surface area contributed by atoms with Gasteiger partial charge in [0.15, 0.2) is 0 Å². The van der Waals surface area contributed by atoms with Crippen molar-refractivity contribution < 1.29 is 4.79 Å². The maximum atomic E-state index is 11.6. The van der Waals surface area contributed by atoms with Crippen molar-refractivity contribution in [1.82, 2.24) is 14.9 Å². The van der Waals surface area contributed by atoms with E-state index in [4.69, 9.17) is 0 Å². The molecule has 0 radical (unpaired) electrons. The molecule has 1 aliphatic heterocycles. The molecule has 6 nitrogen and oxygen atoms in total. The molecule has 2 N–H and O–H groups in total. The third-order valence-electron chi connectivity index (χ3n) is 2.54. The standard InChI is InChI=1S/C9H11BrN4O2/c1-14-3-2-5(9(14)16)13-7-6(10)8(15)12-4-11-7/h4-5H,2-3H2,1H3,(H2,11,12,13,15). The number of rotatable bonds is 2. The summed E-state index contributed by atoms with van der Waals surface area (Å²) in [5.74, 6) is 0.423. The van der Waals surface area contributed by atoms with Crippen molar-refractivity contribution in [1.29, 1.82) is 0 Å². The van der Waals surface area contributed by atoms with Crippen molar-refractivity contribution in [3.63, 3.8) is 0 Å². The predicted octanol–water partition coefficient (Wildman–Crippen LogP) is 0.175. The number of nitrogens with one attached hydrogen (secondary N) is 2. The summed E-state index contributed by atoms with van der Waals surface area (Å²) in [6.45, 7) is 0.720. The molecule has 1 aromatic heterocycles. The van der Waals surface area contributed by atoms with Crippen LogP contribution in [0.4, 0.5) is 5.82 Å². The Labute approximate surface area is 100 Å². The van der Waals surface area contributed by atoms with Gasteiger partial charge in [-0.3, -0.25) is 9.59 Å². The van der Waals surface area contributed by atoms with E-state index in [1.807, 2.05) is 0 Å². The lowest BCUT2D eigenvalue weighted by Gasteiger charge is -2.13. The molecule has 2 rings (SSSR count). The first-order valence-corrected chi connectivity index (χ1v) is 5.63. The number of aromatic amines is 1. The number of likely N-dealkylation sites (tertiary alicyclic amines) is 1. The molecule has 1 unspecified atom stereocenters. The second-order valence-electron chi connectivity index (χ2n) is 3.64. The first-order valence-electron chi connectivity index (χ1n) is 4.84. The van der Waals surface area contributed by atoms with Gasteiger partial charge in [0.1, 0.15) is 16.3 Å². The summed E-state index contributed by atoms with van der Waals surface area (Å²) >= 11 is 3.13. The van der Waals surface area contributed by atoms with Crippen LogP contribution in [0.2, 0.25) is 0 Å². The number of likely N-dealkylation sites (N-methyl/N-ethyl adjacent to an activating group) is 1. The Morgan fingerprint density at radius 2 is 2.38 bits per heavy atom. The van der Waals surface area contributed by atoms with Gasteiger partial charge in [-0.1, -0.05) is 0 Å². The molecule has 1 fully saturated rings. The van der Waals surface area contributed by atoms with Crippen LogP contribution in [0.15, 0.2) is 15.6 Å². The molecule has 0 aromatic carbocycles. The minimum absolute atomic E-state index is 0.0222. The summed E-state index contributed by atoms with van der Waals surface area (Å²) in [5, 5.41) is 2.96. The Hall–Kier alpha value is -1.37. The van der Waals surface area contributed by atoms with Gasteiger partial charge < -0.3 is 15.2 Å². The topological polar surface area (TPSA) is 78.1 Å². The van der Waals surface area contributed by atoms with Gasteiger partial charge in [0.25, 0.3) is 5.56 Å². The molecular weight excluding hydrogens is 276 g/mol. The normalized spacial score (nSPS) is 20.2. The number of hydrogen-bond donors (Lipinski definition) is 2. The fourth-order valence-corrected chi connectivity index (χ4v) is 1.94. The Morgan fingerprint density at radius 1 is 1.62 bits per heavy atom. The molecule has 1 saturated heterocycles. The fourth-order valence-electron chi connectivity index (χ4n) is 1.61. The lowest BCUT2D eigenvalue weighted by molar-refractivity contribution is -0.127. The summed E-state index contributed by atoms with van der Waals surface area (Å²) < 4.78 is 0.317. The quantitative estimate of drug-likeness (QED) is 0.813. The lowest BCUT2D eigenvalue weighted by atomic mass is 10.2. The first-order chi connectivity index (χ1) is 7.59. The number of halogens is 1. The van der Waals surface area contributed by atoms with E-state index in [0.29, 0.717) is 10.3 Å². The largest absolute Gasteiger partial charge is 0.357 e. The minimum Gasteiger partial charge on any atom is -0.357 e. The van der Waals surface area contributed by atoms with Crippen molar-refractivity contribution in [3.05, 3.63) is 21.2 Å². The van der Waals surface area contributed by atoms with Crippen LogP contribution in [0.1, 0.15) is 6.42 Å². The van der Waals surface area contributed by atoms with E-state index in [1.54, 1.807) is 11.9 Å². The van der Waals surface area contributed by atoms with Crippen LogP contribution >= 0.6 is 15.9 Å². The number of carbonyl (C=O) groups excluding carboxylic acids is 1. The van der Waals surface area contributed by atoms with E-state index in [1.165, 1.54) is 6.33 Å². The van der Waals surface area contributed by atoms with Gasteiger partial charge in [-0.15, -0.1) is 0 Å². The highest BCUT2D eigenvalue weighted by molar-refractivity contribution is 9.10. The highest BCUT2D eigenvalue weighted by Crippen LogP contribution is 2.18. The zero-order chi connectivity index (χ0) is 11.7. The van der Waals surface area contributed by atoms with E-state index < -0.39 is 0 Å². The van der Waals surface area contributed by atoms with E-state index in [9.17, 15) is 9.59 Å². The van der Waals surface area contributed by atoms with Crippen LogP contribution in [0, 0.1) is 0 Å². The number of H-pyrrole nitrogens is 1. The summed E-state index contributed by atoms with van der Waals surface area (Å²) in [6, 6.07) is -0.296. The van der Waals surface area contributed by atoms with Gasteiger partial charge in [-0.05, 0) is 22.4 Å². The van der Waals surface area contributed by atoms with Crippen LogP contribution in [0.5, 0.6) is 0 Å². The number of anilines is 1. The third kappa shape index (κ3) is 1.95. The zero-order valence-electron chi connectivity index (χ0n) is 8.66. The summed E-state index contributed by atoms with van der Waals surface area (Å²) in [7, 11) is 1.75. The maximum Gasteiger partial charge on any atom is 0.267 e. The molecule has 1 aromatic rings. The maximum absolute atomic E-state index is 11.6. The summed E-state index contributed by atoms with van der Waals surface area (Å²) in [6.07, 6.45) is 2.02. The van der Waals surface area contributed by atoms with Gasteiger partial charge in [-0.2, -0.15) is 0 Å². The zero-order valence-corrected chi connectivity index (χ0v) is 10.2. The molecular formula is C9H11BrN4O2. The van der Waals surface area contributed by atoms with Crippen molar-refractivity contribution in [3.8, 4) is 0 Å². The average molecular weight is 287 g/mol. The molecule has 1 aliphatic rings. The summed E-state index contributed by atoms with van der Waals surface area (Å²) in [5.41, 5.74) is -0.267. The fraction of sp³-hybridized carbons (Fsp3) is 0.444. The number of amides is 1. The molecule has 0 aliphatic carbocycles. The van der Waals surface area contributed by atoms with E-state index >= 15 is 0 Å². The van der Waals surface area contributed by atoms with E-state index in [0.717, 1.165) is 13.0 Å². The minimum atomic E-state index is -0.296. The number of carbonyl (C=O) groups is 1. The van der Waals surface area contributed by atoms with Crippen molar-refractivity contribution >= 4 is 27.7 Å². The van der Waals surface area contributed by atoms with Crippen LogP contribution in [-0.2, 0) is 4.79 Å². The molecule has 86 valence electrons. The van der Waals surface area contributed by atoms with Gasteiger partial charge in [0, 0.05) is 13.6 Å². The highest BCUT2D eigenvalue weighted by atomic mass is 79.9. The van der Waals surface area contributed by atoms with Crippen LogP contribution in [0.25, 0.3) is 0 Å². The van der Waals surface area contributed by atoms with Crippen molar-refractivity contribution in [2.75, 3.05) is 18.9 Å². The second kappa shape index (κ2) is 4.25. The Balaban J connectivity index is 2.19. The summed E-state index contributed by atoms with van der Waals surface area (Å²) in [4.78, 5) is 31.0. The molecule has 0 spiro atoms. The molecule has 16 heavy (non-hydrogen) atoms. The Kier molecular flexibility index (Phi) is 2.95. The lowest BCUT2D eigenvalue weighted by Crippen LogP contribution is -2.31. The third-order valence-corrected chi connectivity index (χ3v) is 3.27. The van der Waals surface area contributed by atoms with Crippen LogP contribution in [0.3, 0.4) is 0 Å². The SMILES string of the molecule is CN1CCC(Nc2nc[nH]c(=O)c2Br)C1=O. The van der Waals surface area contributed by atoms with Gasteiger partial charge in [-0.25, -0.2) is 4.98 Å². The molecule has 1 atom stereocenters. The van der Waals surface area contributed by atoms with Crippen molar-refractivity contribution in [2.45, 2.75) is 12.5 Å². The number of nitrogens with zero attached hydrogens (tertiary/aromatic N) is 2. The highest BCUT2D eigenvalue weighted by Gasteiger charge is 2.29. The van der Waals surface area contributed by atoms with E-state index in [2.05, 4.69) is 31.2 Å². The first kappa shape index (κ1) is 11.1. The molecule has 2 heterocycles. The molecule has 1 amide bonds. The van der Waals surface area contributed by atoms with Crippen LogP contribution in [-0.4, -0.2) is 40.4 Å². The Morgan fingerprint density at radius 3 is 3.00 bits per heavy atom. The van der Waals surface area contributed by atoms with Gasteiger partial charge in [0.2, 0.25) is 5.91 Å². The average Bonchev–Trinajstić information content (AvgIpc) is 2.57. The van der Waals surface area contributed by atoms with Gasteiger partial charge >= 0.3 is 0 Å². The predicted molar refractivity (Wildman–Crippen MR) is 62.2 cm³/mol. The number of hydrogen-bond acceptors (Lipinski definition) is 4. The van der Waals surface area contributed by atoms with Crippen molar-refractivity contribution in [2.24, 2.45) is 0 Å². The van der Waals surface area contributed by atoms with E-state index in [-0.39, 0.29) is 17.5 Å². The molecule has 0 bridgehead atoms. The second-order valence-corrected chi connectivity index (χ2v) is 4.43. The van der Waals surface area contributed by atoms with Gasteiger partial charge in [0.05, 0.1) is 6.33 Å². The molecule has 0 saturated carbocycles. The molecule has 7 heteroatoms. The Bertz CT molecular complexity index is 473. The van der Waals surface area contributed by atoms with Crippen LogP contribution < -0.4 is 10.9 Å². The smallest absolute Gasteiger partial charge is 0.267 e.